The van der Waals surface area contributed by atoms with Gasteiger partial charge in [-0.25, -0.2) is 0 Å². The maximum absolute atomic E-state index is 12.3. The summed E-state index contributed by atoms with van der Waals surface area (Å²) in [5.41, 5.74) is 0.770. The second-order valence-electron chi connectivity index (χ2n) is 7.15. The van der Waals surface area contributed by atoms with Gasteiger partial charge in [0.25, 0.3) is 5.69 Å². The maximum atomic E-state index is 12.3. The summed E-state index contributed by atoms with van der Waals surface area (Å²) in [6, 6.07) is 3.90. The number of aliphatic hydroxyl groups excluding tert-OH is 1. The summed E-state index contributed by atoms with van der Waals surface area (Å²) in [7, 11) is 1.38. The van der Waals surface area contributed by atoms with E-state index >= 15 is 0 Å². The number of carbonyl (C=O) groups excluding carboxylic acids is 1. The Morgan fingerprint density at radius 2 is 2.06 bits per heavy atom. The summed E-state index contributed by atoms with van der Waals surface area (Å²) in [6.07, 6.45) is -0.423. The van der Waals surface area contributed by atoms with Crippen molar-refractivity contribution in [1.29, 1.82) is 0 Å². The van der Waals surface area contributed by atoms with E-state index in [2.05, 4.69) is 5.32 Å². The van der Waals surface area contributed by atoms with Crippen LogP contribution in [0.2, 0.25) is 0 Å². The van der Waals surface area contributed by atoms with Crippen LogP contribution in [0.3, 0.4) is 0 Å². The molecule has 1 heterocycles. The molecule has 0 spiro atoms. The number of benzene rings is 1. The molecule has 0 saturated carbocycles. The van der Waals surface area contributed by atoms with Crippen LogP contribution in [0.25, 0.3) is 0 Å². The lowest BCUT2D eigenvalue weighted by Crippen LogP contribution is -2.38. The van der Waals surface area contributed by atoms with Crippen LogP contribution < -0.4 is 14.8 Å². The van der Waals surface area contributed by atoms with E-state index in [0.29, 0.717) is 12.8 Å². The zero-order valence-electron chi connectivity index (χ0n) is 17.8. The predicted octanol–water partition coefficient (Wildman–Crippen LogP) is 3.08. The second-order valence-corrected chi connectivity index (χ2v) is 7.93. The van der Waals surface area contributed by atoms with Crippen LogP contribution >= 0.6 is 11.3 Å². The molecule has 0 aliphatic carbocycles. The van der Waals surface area contributed by atoms with E-state index in [1.54, 1.807) is 0 Å². The number of hydrogen-bond donors (Lipinski definition) is 3. The number of nitrogens with zero attached hydrogens (tertiary/aromatic N) is 1. The zero-order valence-corrected chi connectivity index (χ0v) is 18.6. The topological polar surface area (TPSA) is 148 Å². The van der Waals surface area contributed by atoms with E-state index in [1.165, 1.54) is 37.5 Å². The minimum absolute atomic E-state index is 0.0864. The number of carbonyl (C=O) groups is 2. The van der Waals surface area contributed by atoms with Gasteiger partial charge in [-0.15, -0.1) is 0 Å². The summed E-state index contributed by atoms with van der Waals surface area (Å²) >= 11 is 1.50. The minimum Gasteiger partial charge on any atom is -0.493 e. The molecule has 0 saturated heterocycles. The molecule has 3 N–H and O–H groups in total. The van der Waals surface area contributed by atoms with E-state index in [-0.39, 0.29) is 48.1 Å². The van der Waals surface area contributed by atoms with Gasteiger partial charge in [0.15, 0.2) is 11.5 Å². The number of carboxylic acid groups (broad SMARTS) is 1. The van der Waals surface area contributed by atoms with Crippen LogP contribution in [-0.4, -0.2) is 46.8 Å². The molecule has 1 aromatic carbocycles. The molecule has 0 bridgehead atoms. The highest BCUT2D eigenvalue weighted by Gasteiger charge is 2.23. The lowest BCUT2D eigenvalue weighted by Gasteiger charge is -2.17. The molecule has 2 aromatic rings. The number of aliphatic hydroxyl groups is 1. The number of ether oxygens (including phenoxy) is 2. The van der Waals surface area contributed by atoms with Crippen molar-refractivity contribution in [3.05, 3.63) is 50.2 Å². The Morgan fingerprint density at radius 1 is 1.31 bits per heavy atom. The van der Waals surface area contributed by atoms with Gasteiger partial charge in [-0.1, -0.05) is 0 Å². The lowest BCUT2D eigenvalue weighted by molar-refractivity contribution is -0.386. The van der Waals surface area contributed by atoms with Crippen molar-refractivity contribution in [2.24, 2.45) is 0 Å². The Kier molecular flexibility index (Phi) is 9.41. The number of amides is 1. The Labute approximate surface area is 188 Å². The number of methoxy groups -OCH3 is 1. The number of hydrogen-bond acceptors (Lipinski definition) is 8. The van der Waals surface area contributed by atoms with E-state index in [9.17, 15) is 24.8 Å². The molecule has 0 aliphatic rings. The molecular formula is C21H26N2O8S. The SMILES string of the molecule is COc1cc(C(C)O)c([N+](=O)[O-])cc1OCCCC(=O)N[C@H](CC(=O)O)Cc1ccsc1. The molecule has 32 heavy (non-hydrogen) atoms. The van der Waals surface area contributed by atoms with Gasteiger partial charge >= 0.3 is 5.97 Å². The Morgan fingerprint density at radius 3 is 2.62 bits per heavy atom. The summed E-state index contributed by atoms with van der Waals surface area (Å²) < 4.78 is 10.8. The van der Waals surface area contributed by atoms with Gasteiger partial charge < -0.3 is 25.0 Å². The third kappa shape index (κ3) is 7.50. The molecule has 2 atom stereocenters. The van der Waals surface area contributed by atoms with Crippen molar-refractivity contribution in [2.45, 2.75) is 44.8 Å². The van der Waals surface area contributed by atoms with Crippen molar-refractivity contribution in [3.8, 4) is 11.5 Å². The number of aliphatic carboxylic acids is 1. The summed E-state index contributed by atoms with van der Waals surface area (Å²) in [5.74, 6) is -0.945. The molecule has 1 aromatic heterocycles. The molecule has 1 amide bonds. The first-order valence-electron chi connectivity index (χ1n) is 9.90. The largest absolute Gasteiger partial charge is 0.493 e. The van der Waals surface area contributed by atoms with Crippen molar-refractivity contribution >= 4 is 28.9 Å². The highest BCUT2D eigenvalue weighted by atomic mass is 32.1. The van der Waals surface area contributed by atoms with Gasteiger partial charge in [-0.3, -0.25) is 19.7 Å². The monoisotopic (exact) mass is 466 g/mol. The quantitative estimate of drug-likeness (QED) is 0.232. The molecular weight excluding hydrogens is 440 g/mol. The summed E-state index contributed by atoms with van der Waals surface area (Å²) in [4.78, 5) is 34.0. The van der Waals surface area contributed by atoms with Gasteiger partial charge in [0.2, 0.25) is 5.91 Å². The first-order valence-corrected chi connectivity index (χ1v) is 10.8. The molecule has 1 unspecified atom stereocenters. The second kappa shape index (κ2) is 12.0. The predicted molar refractivity (Wildman–Crippen MR) is 117 cm³/mol. The average Bonchev–Trinajstić information content (AvgIpc) is 3.22. The van der Waals surface area contributed by atoms with Gasteiger partial charge in [0.1, 0.15) is 0 Å². The van der Waals surface area contributed by atoms with Crippen molar-refractivity contribution < 1.29 is 34.2 Å². The number of carboxylic acids is 1. The average molecular weight is 467 g/mol. The van der Waals surface area contributed by atoms with E-state index in [1.807, 2.05) is 16.8 Å². The molecule has 174 valence electrons. The Hall–Kier alpha value is -3.18. The lowest BCUT2D eigenvalue weighted by atomic mass is 10.1. The van der Waals surface area contributed by atoms with Crippen LogP contribution in [0.15, 0.2) is 29.0 Å². The highest BCUT2D eigenvalue weighted by Crippen LogP contribution is 2.37. The Bertz CT molecular complexity index is 930. The van der Waals surface area contributed by atoms with Crippen molar-refractivity contribution in [2.75, 3.05) is 13.7 Å². The third-order valence-corrected chi connectivity index (χ3v) is 5.35. The third-order valence-electron chi connectivity index (χ3n) is 4.61. The molecule has 0 aliphatic heterocycles. The smallest absolute Gasteiger partial charge is 0.305 e. The number of nitro groups is 1. The van der Waals surface area contributed by atoms with Gasteiger partial charge in [-0.2, -0.15) is 11.3 Å². The minimum atomic E-state index is -1.06. The standard InChI is InChI=1S/C21H26N2O8S/c1-13(24)16-10-18(30-2)19(11-17(16)23(28)29)31-6-3-4-20(25)22-15(9-21(26)27)8-14-5-7-32-12-14/h5,7,10-13,15,24H,3-4,6,8-9H2,1-2H3,(H,22,25)(H,26,27)/t13?,15-/m0/s1. The molecule has 0 fully saturated rings. The van der Waals surface area contributed by atoms with Gasteiger partial charge in [-0.05, 0) is 48.2 Å². The Balaban J connectivity index is 1.92. The molecule has 10 nitrogen and oxygen atoms in total. The summed E-state index contributed by atoms with van der Waals surface area (Å²) in [6.45, 7) is 1.50. The van der Waals surface area contributed by atoms with Crippen LogP contribution in [-0.2, 0) is 16.0 Å². The van der Waals surface area contributed by atoms with Crippen LogP contribution in [0.5, 0.6) is 11.5 Å². The number of nitro benzene ring substituents is 1. The zero-order chi connectivity index (χ0) is 23.7. The molecule has 11 heteroatoms. The number of rotatable bonds is 13. The van der Waals surface area contributed by atoms with Crippen LogP contribution in [0, 0.1) is 10.1 Å². The maximum Gasteiger partial charge on any atom is 0.305 e. The van der Waals surface area contributed by atoms with E-state index < -0.39 is 23.0 Å². The molecule has 0 radical (unpaired) electrons. The number of nitrogens with one attached hydrogen (secondary N) is 1. The van der Waals surface area contributed by atoms with Gasteiger partial charge in [0, 0.05) is 12.5 Å². The normalized spacial score (nSPS) is 12.6. The van der Waals surface area contributed by atoms with Gasteiger partial charge in [0.05, 0.1) is 42.8 Å². The van der Waals surface area contributed by atoms with Crippen molar-refractivity contribution in [3.63, 3.8) is 0 Å². The fourth-order valence-electron chi connectivity index (χ4n) is 3.12. The van der Waals surface area contributed by atoms with E-state index in [0.717, 1.165) is 5.56 Å². The fourth-order valence-corrected chi connectivity index (χ4v) is 3.80. The first kappa shape index (κ1) is 25.1. The van der Waals surface area contributed by atoms with Crippen LogP contribution in [0.1, 0.15) is 43.4 Å². The van der Waals surface area contributed by atoms with Crippen molar-refractivity contribution in [1.82, 2.24) is 5.32 Å². The first-order chi connectivity index (χ1) is 15.2. The summed E-state index contributed by atoms with van der Waals surface area (Å²) in [5, 5.41) is 36.7. The fraction of sp³-hybridized carbons (Fsp3) is 0.429. The van der Waals surface area contributed by atoms with Crippen LogP contribution in [0.4, 0.5) is 5.69 Å². The highest BCUT2D eigenvalue weighted by molar-refractivity contribution is 7.07. The molecule has 2 rings (SSSR count). The number of thiophene rings is 1. The van der Waals surface area contributed by atoms with E-state index in [4.69, 9.17) is 14.6 Å².